The highest BCUT2D eigenvalue weighted by Gasteiger charge is 2.26. The second-order valence-electron chi connectivity index (χ2n) is 15.1. The van der Waals surface area contributed by atoms with Gasteiger partial charge in [-0.1, -0.05) is 153 Å². The second-order valence-corrected chi connectivity index (χ2v) is 16.5. The zero-order chi connectivity index (χ0) is 39.3. The van der Waals surface area contributed by atoms with Crippen LogP contribution in [-0.2, 0) is 32.7 Å². The van der Waals surface area contributed by atoms with Crippen molar-refractivity contribution in [3.8, 4) is 0 Å². The zero-order valence-corrected chi connectivity index (χ0v) is 35.4. The lowest BCUT2D eigenvalue weighted by Crippen LogP contribution is -2.37. The highest BCUT2D eigenvalue weighted by molar-refractivity contribution is 7.47. The molecule has 1 N–H and O–H groups in total. The van der Waals surface area contributed by atoms with Crippen molar-refractivity contribution < 1.29 is 42.1 Å². The number of allylic oxidation sites excluding steroid dienone is 7. The fraction of sp³-hybridized carbons (Fsp3) is 0.767. The fourth-order valence-electron chi connectivity index (χ4n) is 5.35. The summed E-state index contributed by atoms with van der Waals surface area (Å²) in [6.45, 7) is 4.22. The van der Waals surface area contributed by atoms with Crippen molar-refractivity contribution in [3.05, 3.63) is 48.6 Å². The minimum atomic E-state index is -4.40. The largest absolute Gasteiger partial charge is 0.472 e. The first-order chi connectivity index (χ1) is 25.5. The van der Waals surface area contributed by atoms with Crippen LogP contribution in [0.1, 0.15) is 162 Å². The van der Waals surface area contributed by atoms with E-state index < -0.39 is 32.5 Å². The summed E-state index contributed by atoms with van der Waals surface area (Å²) in [6, 6.07) is 0. The van der Waals surface area contributed by atoms with Crippen LogP contribution in [-0.4, -0.2) is 74.9 Å². The molecular weight excluding hydrogens is 689 g/mol. The predicted octanol–water partition coefficient (Wildman–Crippen LogP) is 11.5. The Hall–Kier alpha value is -2.03. The van der Waals surface area contributed by atoms with E-state index in [-0.39, 0.29) is 19.6 Å². The van der Waals surface area contributed by atoms with Gasteiger partial charge in [-0.3, -0.25) is 13.8 Å². The monoisotopic (exact) mass is 769 g/mol. The molecule has 1 unspecified atom stereocenters. The summed E-state index contributed by atoms with van der Waals surface area (Å²) in [7, 11) is 1.41. The van der Waals surface area contributed by atoms with Crippen LogP contribution in [0.15, 0.2) is 48.6 Å². The van der Waals surface area contributed by atoms with Gasteiger partial charge >= 0.3 is 19.8 Å². The van der Waals surface area contributed by atoms with Gasteiger partial charge in [-0.2, -0.15) is 0 Å². The fourth-order valence-corrected chi connectivity index (χ4v) is 6.09. The van der Waals surface area contributed by atoms with Crippen molar-refractivity contribution in [2.75, 3.05) is 47.5 Å². The van der Waals surface area contributed by atoms with E-state index in [0.29, 0.717) is 17.4 Å². The van der Waals surface area contributed by atoms with Gasteiger partial charge in [-0.15, -0.1) is 0 Å². The Labute approximate surface area is 324 Å². The molecule has 0 fully saturated rings. The molecule has 0 saturated heterocycles. The molecule has 0 bridgehead atoms. The maximum absolute atomic E-state index is 12.5. The lowest BCUT2D eigenvalue weighted by molar-refractivity contribution is -0.870. The van der Waals surface area contributed by atoms with Gasteiger partial charge in [0.2, 0.25) is 0 Å². The predicted molar refractivity (Wildman–Crippen MR) is 220 cm³/mol. The Balaban J connectivity index is 4.53. The SMILES string of the molecule is CCCC/C=C/C/C=C/CCCCCCCC(=O)OC[C@H](COP(=O)(O)OCC[N+](C)(C)C)OC(=O)/C=C/C=C/CCCCCCCCCCCCC. The number of quaternary nitrogens is 1. The molecule has 0 aromatic rings. The number of esters is 2. The number of phosphoric ester groups is 1. The molecule has 308 valence electrons. The van der Waals surface area contributed by atoms with Gasteiger partial charge in [0.05, 0.1) is 27.7 Å². The summed E-state index contributed by atoms with van der Waals surface area (Å²) < 4.78 is 34.0. The topological polar surface area (TPSA) is 108 Å². The van der Waals surface area contributed by atoms with E-state index in [4.69, 9.17) is 18.5 Å². The van der Waals surface area contributed by atoms with Gasteiger partial charge in [-0.25, -0.2) is 9.36 Å². The minimum absolute atomic E-state index is 0.0124. The van der Waals surface area contributed by atoms with Gasteiger partial charge < -0.3 is 18.9 Å². The molecule has 2 atom stereocenters. The summed E-state index contributed by atoms with van der Waals surface area (Å²) in [5, 5.41) is 0. The lowest BCUT2D eigenvalue weighted by Gasteiger charge is -2.24. The standard InChI is InChI=1S/C43H78NO8P/c1-6-8-10-12-14-16-18-20-22-24-26-28-30-32-34-36-43(46)52-41(40-51-53(47,48)50-38-37-44(3,4)5)39-49-42(45)35-33-31-29-27-25-23-21-19-17-15-13-11-9-7-2/h13,15,19,21,30,32,34,36,41H,6-12,14,16-18,20,22-29,31,33,35,37-40H2,1-5H3/p+1/b15-13+,21-19+,32-30+,36-34+/t41-/m1/s1. The van der Waals surface area contributed by atoms with E-state index in [1.807, 2.05) is 33.3 Å². The van der Waals surface area contributed by atoms with E-state index in [1.54, 1.807) is 6.08 Å². The number of unbranched alkanes of at least 4 members (excludes halogenated alkanes) is 18. The molecule has 53 heavy (non-hydrogen) atoms. The molecule has 9 nitrogen and oxygen atoms in total. The molecule has 0 spiro atoms. The highest BCUT2D eigenvalue weighted by atomic mass is 31.2. The van der Waals surface area contributed by atoms with Crippen LogP contribution >= 0.6 is 7.82 Å². The van der Waals surface area contributed by atoms with E-state index in [9.17, 15) is 19.0 Å². The van der Waals surface area contributed by atoms with Gasteiger partial charge in [0.1, 0.15) is 19.8 Å². The number of nitrogens with zero attached hydrogens (tertiary/aromatic N) is 1. The van der Waals surface area contributed by atoms with Gasteiger partial charge in [0, 0.05) is 12.5 Å². The zero-order valence-electron chi connectivity index (χ0n) is 34.5. The lowest BCUT2D eigenvalue weighted by atomic mass is 10.1. The quantitative estimate of drug-likeness (QED) is 0.0127. The molecule has 0 amide bonds. The molecule has 0 rings (SSSR count). The summed E-state index contributed by atoms with van der Waals surface area (Å²) in [4.78, 5) is 35.1. The third-order valence-electron chi connectivity index (χ3n) is 8.69. The number of carbonyl (C=O) groups excluding carboxylic acids is 2. The van der Waals surface area contributed by atoms with E-state index >= 15 is 0 Å². The minimum Gasteiger partial charge on any atom is -0.462 e. The number of rotatable bonds is 37. The first-order valence-corrected chi connectivity index (χ1v) is 22.4. The van der Waals surface area contributed by atoms with Crippen molar-refractivity contribution >= 4 is 19.8 Å². The number of phosphoric acid groups is 1. The van der Waals surface area contributed by atoms with Crippen molar-refractivity contribution in [1.82, 2.24) is 0 Å². The summed E-state index contributed by atoms with van der Waals surface area (Å²) in [5.41, 5.74) is 0. The Bertz CT molecular complexity index is 1050. The number of hydrogen-bond acceptors (Lipinski definition) is 7. The molecule has 0 aliphatic rings. The van der Waals surface area contributed by atoms with Crippen LogP contribution in [0.4, 0.5) is 0 Å². The van der Waals surface area contributed by atoms with E-state index in [0.717, 1.165) is 57.8 Å². The van der Waals surface area contributed by atoms with Gasteiger partial charge in [0.25, 0.3) is 0 Å². The first kappa shape index (κ1) is 51.0. The maximum Gasteiger partial charge on any atom is 0.472 e. The van der Waals surface area contributed by atoms with Gasteiger partial charge in [0.15, 0.2) is 6.10 Å². The van der Waals surface area contributed by atoms with Crippen LogP contribution in [0.5, 0.6) is 0 Å². The number of ether oxygens (including phenoxy) is 2. The normalized spacial score (nSPS) is 14.2. The first-order valence-electron chi connectivity index (χ1n) is 20.9. The van der Waals surface area contributed by atoms with Crippen LogP contribution < -0.4 is 0 Å². The molecule has 0 aromatic carbocycles. The van der Waals surface area contributed by atoms with Crippen LogP contribution in [0.25, 0.3) is 0 Å². The Morgan fingerprint density at radius 2 is 1.17 bits per heavy atom. The van der Waals surface area contributed by atoms with Crippen molar-refractivity contribution in [2.24, 2.45) is 0 Å². The van der Waals surface area contributed by atoms with E-state index in [1.165, 1.54) is 83.1 Å². The third kappa shape index (κ3) is 39.5. The molecule has 10 heteroatoms. The molecule has 0 radical (unpaired) electrons. The number of likely N-dealkylation sites (N-methyl/N-ethyl adjacent to an activating group) is 1. The third-order valence-corrected chi connectivity index (χ3v) is 9.67. The summed E-state index contributed by atoms with van der Waals surface area (Å²) in [5.74, 6) is -1.07. The second kappa shape index (κ2) is 35.7. The van der Waals surface area contributed by atoms with Crippen molar-refractivity contribution in [1.29, 1.82) is 0 Å². The van der Waals surface area contributed by atoms with Gasteiger partial charge in [-0.05, 0) is 44.9 Å². The summed E-state index contributed by atoms with van der Waals surface area (Å²) >= 11 is 0. The average molecular weight is 769 g/mol. The average Bonchev–Trinajstić information content (AvgIpc) is 3.10. The van der Waals surface area contributed by atoms with Crippen LogP contribution in [0.3, 0.4) is 0 Å². The smallest absolute Gasteiger partial charge is 0.462 e. The molecular formula is C43H79NO8P+. The number of carbonyl (C=O) groups is 2. The molecule has 0 aliphatic carbocycles. The Kier molecular flexibility index (Phi) is 34.3. The molecule has 0 aromatic heterocycles. The summed E-state index contributed by atoms with van der Waals surface area (Å²) in [6.07, 6.45) is 40.8. The highest BCUT2D eigenvalue weighted by Crippen LogP contribution is 2.43. The van der Waals surface area contributed by atoms with Crippen molar-refractivity contribution in [2.45, 2.75) is 168 Å². The van der Waals surface area contributed by atoms with Crippen LogP contribution in [0.2, 0.25) is 0 Å². The number of hydrogen-bond donors (Lipinski definition) is 1. The Morgan fingerprint density at radius 1 is 0.642 bits per heavy atom. The molecule has 0 aliphatic heterocycles. The van der Waals surface area contributed by atoms with E-state index in [2.05, 4.69) is 38.2 Å². The van der Waals surface area contributed by atoms with Crippen molar-refractivity contribution in [3.63, 3.8) is 0 Å². The maximum atomic E-state index is 12.5. The molecule has 0 saturated carbocycles. The van der Waals surface area contributed by atoms with Crippen LogP contribution in [0, 0.1) is 0 Å². The molecule has 0 heterocycles. The Morgan fingerprint density at radius 3 is 1.75 bits per heavy atom.